The monoisotopic (exact) mass is 909 g/mol. The van der Waals surface area contributed by atoms with Crippen molar-refractivity contribution in [3.05, 3.63) is 103 Å². The zero-order chi connectivity index (χ0) is 45.2. The number of carboxylic acid groups (broad SMARTS) is 1. The van der Waals surface area contributed by atoms with Crippen molar-refractivity contribution in [1.82, 2.24) is 14.5 Å². The molecule has 2 fully saturated rings. The molecule has 1 aliphatic carbocycles. The lowest BCUT2D eigenvalue weighted by atomic mass is 9.90. The molecule has 3 unspecified atom stereocenters. The Hall–Kier alpha value is -5.77. The first-order chi connectivity index (χ1) is 30.0. The van der Waals surface area contributed by atoms with Crippen LogP contribution in [0.15, 0.2) is 79.6 Å². The predicted molar refractivity (Wildman–Crippen MR) is 227 cm³/mol. The number of carboxylic acids is 1. The number of fused-ring (bicyclic) bond motifs is 2. The van der Waals surface area contributed by atoms with Crippen molar-refractivity contribution in [3.63, 3.8) is 0 Å². The summed E-state index contributed by atoms with van der Waals surface area (Å²) in [5.41, 5.74) is 0.117. The van der Waals surface area contributed by atoms with Crippen LogP contribution in [0, 0.1) is 6.92 Å². The Morgan fingerprint density at radius 1 is 1.03 bits per heavy atom. The molecule has 0 bridgehead atoms. The number of phenols is 1. The highest BCUT2D eigenvalue weighted by Gasteiger charge is 2.47. The summed E-state index contributed by atoms with van der Waals surface area (Å²) in [6, 6.07) is 12.8. The summed E-state index contributed by atoms with van der Waals surface area (Å²) in [5.74, 6) is -2.40. The van der Waals surface area contributed by atoms with Gasteiger partial charge in [-0.15, -0.1) is 11.8 Å². The zero-order valence-electron chi connectivity index (χ0n) is 33.7. The fourth-order valence-electron chi connectivity index (χ4n) is 7.29. The van der Waals surface area contributed by atoms with E-state index in [1.54, 1.807) is 6.07 Å². The molecule has 63 heavy (non-hydrogen) atoms. The third-order valence-electron chi connectivity index (χ3n) is 10.4. The van der Waals surface area contributed by atoms with E-state index >= 15 is 0 Å². The second kappa shape index (κ2) is 18.9. The smallest absolute Gasteiger partial charge is 0.508 e. The SMILES string of the molecule is CO[P+](O)(OCCSC1CC(=O)N(CCCC(=O)Nc2ccc(-c3c4ccc(=O)cc-4oc4cc(O)ccc34)c(C(=O)O)c2)C1=O)OC[C@H]1O[C@@H](n2cc(C)c(=O)[nH]c2=O)CC1O. The Morgan fingerprint density at radius 2 is 1.81 bits per heavy atom. The summed E-state index contributed by atoms with van der Waals surface area (Å²) in [6.07, 6.45) is -1.69. The van der Waals surface area contributed by atoms with Crippen molar-refractivity contribution in [2.45, 2.75) is 56.3 Å². The fourth-order valence-corrected chi connectivity index (χ4v) is 9.36. The van der Waals surface area contributed by atoms with E-state index < -0.39 is 66.8 Å². The van der Waals surface area contributed by atoms with Gasteiger partial charge in [0.25, 0.3) is 5.56 Å². The number of phenolic OH excluding ortho intramolecular Hbond substituents is 1. The Labute approximate surface area is 361 Å². The van der Waals surface area contributed by atoms with Gasteiger partial charge in [0.2, 0.25) is 17.7 Å². The van der Waals surface area contributed by atoms with Gasteiger partial charge < -0.3 is 29.8 Å². The van der Waals surface area contributed by atoms with Crippen LogP contribution < -0.4 is 22.0 Å². The van der Waals surface area contributed by atoms with Gasteiger partial charge in [-0.2, -0.15) is 18.5 Å². The van der Waals surface area contributed by atoms with E-state index in [2.05, 4.69) is 10.3 Å². The molecule has 3 aromatic rings. The maximum atomic E-state index is 13.1. The number of aromatic nitrogens is 2. The molecule has 6 N–H and O–H groups in total. The second-order valence-electron chi connectivity index (χ2n) is 14.7. The van der Waals surface area contributed by atoms with Crippen molar-refractivity contribution in [2.24, 2.45) is 0 Å². The molecule has 0 saturated carbocycles. The number of aliphatic hydroxyl groups is 1. The van der Waals surface area contributed by atoms with Crippen LogP contribution in [0.3, 0.4) is 0 Å². The number of hydrogen-bond acceptors (Lipinski definition) is 16. The number of carbonyl (C=O) groups excluding carboxylic acids is 3. The molecule has 2 aromatic carbocycles. The first-order valence-corrected chi connectivity index (χ1v) is 22.0. The van der Waals surface area contributed by atoms with Crippen molar-refractivity contribution in [2.75, 3.05) is 37.9 Å². The van der Waals surface area contributed by atoms with Gasteiger partial charge in [-0.25, -0.2) is 9.59 Å². The first-order valence-electron chi connectivity index (χ1n) is 19.5. The van der Waals surface area contributed by atoms with E-state index in [4.69, 9.17) is 22.7 Å². The van der Waals surface area contributed by atoms with Crippen LogP contribution in [0.25, 0.3) is 33.4 Å². The van der Waals surface area contributed by atoms with Gasteiger partial charge in [-0.05, 0) is 55.3 Å². The quantitative estimate of drug-likeness (QED) is 0.0337. The largest absolute Gasteiger partial charge is 0.572 e. The number of aromatic amines is 1. The molecule has 3 amide bonds. The molecule has 1 aromatic heterocycles. The lowest BCUT2D eigenvalue weighted by Gasteiger charge is -2.18. The highest BCUT2D eigenvalue weighted by atomic mass is 32.2. The van der Waals surface area contributed by atoms with Crippen molar-refractivity contribution < 1.29 is 62.1 Å². The lowest BCUT2D eigenvalue weighted by Crippen LogP contribution is -2.33. The number of aromatic hydroxyl groups is 1. The van der Waals surface area contributed by atoms with Crippen LogP contribution in [0.1, 0.15) is 47.8 Å². The van der Waals surface area contributed by atoms with Crippen LogP contribution >= 0.6 is 19.9 Å². The standard InChI is InChI=1S/C41H41N4O16PS/c1-21-19-45(41(55)43-38(21)51)36-17-29(48)32(61-36)20-59-62(56,57-2)58-12-13-63-33-18-35(50)44(39(33)52)11-3-4-34(49)42-22-5-8-25(28(14-22)40(53)54)37-26-9-6-23(46)15-30(26)60-31-16-24(47)7-10-27(31)37/h5-10,14-16,19,29,32-33,36,48,56H,3-4,11-13,17-18,20H2,1-2H3,(H3-,42,43,46,47,49,51,53,54,55)/p+1/t29?,32-,33?,36-,62?/m1/s1. The molecular weight excluding hydrogens is 868 g/mol. The average Bonchev–Trinajstić information content (AvgIpc) is 3.74. The molecule has 22 heteroatoms. The van der Waals surface area contributed by atoms with Crippen LogP contribution in [-0.4, -0.2) is 108 Å². The van der Waals surface area contributed by atoms with E-state index in [-0.39, 0.29) is 96.1 Å². The van der Waals surface area contributed by atoms with Crippen molar-refractivity contribution >= 4 is 60.3 Å². The molecule has 5 atom stereocenters. The number of nitrogens with zero attached hydrogens (tertiary/aromatic N) is 2. The molecule has 0 radical (unpaired) electrons. The number of aliphatic hydroxyl groups excluding tert-OH is 1. The second-order valence-corrected chi connectivity index (χ2v) is 17.8. The van der Waals surface area contributed by atoms with Gasteiger partial charge >= 0.3 is 19.8 Å². The number of H-pyrrole nitrogens is 1. The summed E-state index contributed by atoms with van der Waals surface area (Å²) >= 11 is 1.12. The molecule has 3 aliphatic heterocycles. The predicted octanol–water partition coefficient (Wildman–Crippen LogP) is 3.40. The lowest BCUT2D eigenvalue weighted by molar-refractivity contribution is -0.138. The molecule has 7 rings (SSSR count). The molecule has 4 aliphatic rings. The summed E-state index contributed by atoms with van der Waals surface area (Å²) in [4.78, 5) is 102. The minimum atomic E-state index is -3.91. The number of nitrogens with one attached hydrogen (secondary N) is 2. The number of amides is 3. The molecule has 2 saturated heterocycles. The van der Waals surface area contributed by atoms with Crippen LogP contribution in [0.4, 0.5) is 5.69 Å². The average molecular weight is 910 g/mol. The summed E-state index contributed by atoms with van der Waals surface area (Å²) in [7, 11) is -2.75. The fraction of sp³-hybridized carbons (Fsp3) is 0.341. The van der Waals surface area contributed by atoms with Gasteiger partial charge in [0.15, 0.2) is 5.43 Å². The van der Waals surface area contributed by atoms with E-state index in [1.807, 2.05) is 0 Å². The number of carbonyl (C=O) groups is 4. The Bertz CT molecular complexity index is 2740. The van der Waals surface area contributed by atoms with E-state index in [0.29, 0.717) is 16.5 Å². The Kier molecular flexibility index (Phi) is 13.6. The van der Waals surface area contributed by atoms with Gasteiger partial charge in [-0.3, -0.25) is 38.4 Å². The van der Waals surface area contributed by atoms with Crippen LogP contribution in [-0.2, 0) is 32.7 Å². The van der Waals surface area contributed by atoms with E-state index in [9.17, 15) is 53.8 Å². The van der Waals surface area contributed by atoms with Crippen LogP contribution in [0.2, 0.25) is 0 Å². The number of aryl methyl sites for hydroxylation is 1. The van der Waals surface area contributed by atoms with E-state index in [0.717, 1.165) is 28.3 Å². The first kappa shape index (κ1) is 45.3. The zero-order valence-corrected chi connectivity index (χ0v) is 35.4. The minimum Gasteiger partial charge on any atom is -0.508 e. The number of ether oxygens (including phenoxy) is 1. The van der Waals surface area contributed by atoms with Crippen molar-refractivity contribution in [3.8, 4) is 28.2 Å². The number of hydrogen-bond donors (Lipinski definition) is 6. The number of imide groups is 1. The number of likely N-dealkylation sites (tertiary alicyclic amines) is 1. The maximum absolute atomic E-state index is 13.1. The van der Waals surface area contributed by atoms with Gasteiger partial charge in [0.05, 0.1) is 24.0 Å². The van der Waals surface area contributed by atoms with Gasteiger partial charge in [0.1, 0.15) is 42.6 Å². The van der Waals surface area contributed by atoms with E-state index in [1.165, 1.54) is 61.7 Å². The highest BCUT2D eigenvalue weighted by Crippen LogP contribution is 2.57. The third-order valence-corrected chi connectivity index (χ3v) is 13.0. The summed E-state index contributed by atoms with van der Waals surface area (Å²) < 4.78 is 28.8. The molecule has 20 nitrogen and oxygen atoms in total. The number of aromatic carboxylic acids is 1. The maximum Gasteiger partial charge on any atom is 0.572 e. The van der Waals surface area contributed by atoms with Gasteiger partial charge in [0, 0.05) is 77.7 Å². The molecular formula is C41H42N4O16PS+. The molecule has 332 valence electrons. The molecule has 4 heterocycles. The Morgan fingerprint density at radius 3 is 2.57 bits per heavy atom. The normalized spacial score (nSPS) is 19.8. The number of rotatable bonds is 17. The molecule has 0 spiro atoms. The number of thioether (sulfide) groups is 1. The van der Waals surface area contributed by atoms with Gasteiger partial charge in [-0.1, -0.05) is 6.07 Å². The topological polar surface area (TPSA) is 286 Å². The minimum absolute atomic E-state index is 0.00846. The third kappa shape index (κ3) is 10.1. The number of benzene rings is 3. The summed E-state index contributed by atoms with van der Waals surface area (Å²) in [5, 5.41) is 33.2. The number of anilines is 1. The summed E-state index contributed by atoms with van der Waals surface area (Å²) in [6.45, 7) is 0.974. The van der Waals surface area contributed by atoms with Crippen molar-refractivity contribution in [1.29, 1.82) is 0 Å². The van der Waals surface area contributed by atoms with Crippen LogP contribution in [0.5, 0.6) is 5.75 Å². The highest BCUT2D eigenvalue weighted by molar-refractivity contribution is 8.00. The Balaban J connectivity index is 0.883.